The molecule has 0 unspecified atom stereocenters. The summed E-state index contributed by atoms with van der Waals surface area (Å²) in [6.07, 6.45) is -4.11. The molecule has 2 heterocycles. The van der Waals surface area contributed by atoms with Gasteiger partial charge in [0.05, 0.1) is 5.69 Å². The minimum atomic E-state index is -5.86. The van der Waals surface area contributed by atoms with E-state index in [0.717, 1.165) is 4.72 Å². The van der Waals surface area contributed by atoms with Crippen molar-refractivity contribution in [3.05, 3.63) is 29.2 Å². The van der Waals surface area contributed by atoms with E-state index in [1.54, 1.807) is 0 Å². The average molecular weight is 396 g/mol. The molecule has 24 heavy (non-hydrogen) atoms. The molecule has 2 aromatic heterocycles. The monoisotopic (exact) mass is 395 g/mol. The Kier molecular flexibility index (Phi) is 4.39. The number of nitrogens with zero attached hydrogens (tertiary/aromatic N) is 4. The van der Waals surface area contributed by atoms with Gasteiger partial charge in [-0.3, -0.25) is 4.72 Å². The maximum absolute atomic E-state index is 12.5. The Hall–Kier alpha value is -2.09. The number of nitrogens with one attached hydrogen (secondary N) is 1. The van der Waals surface area contributed by atoms with E-state index in [2.05, 4.69) is 15.3 Å². The van der Waals surface area contributed by atoms with Crippen molar-refractivity contribution in [1.29, 1.82) is 0 Å². The number of hydrogen-bond donors (Lipinski definition) is 1. The number of rotatable bonds is 3. The second-order valence-electron chi connectivity index (χ2n) is 4.10. The van der Waals surface area contributed by atoms with Crippen LogP contribution in [0.15, 0.2) is 18.3 Å². The van der Waals surface area contributed by atoms with Crippen molar-refractivity contribution in [2.24, 2.45) is 0 Å². The first-order valence-electron chi connectivity index (χ1n) is 5.57. The number of halogens is 7. The standard InChI is InChI=1S/C9H4ClF6N5O2S/c10-6-3-4(20-24(22,23)9(14,15)16)7(18-17-6)21-2-1-5(19-21)8(11,12)13/h1-3H,(H,17,20). The predicted molar refractivity (Wildman–Crippen MR) is 67.8 cm³/mol. The summed E-state index contributed by atoms with van der Waals surface area (Å²) >= 11 is 5.43. The van der Waals surface area contributed by atoms with E-state index < -0.39 is 44.1 Å². The second kappa shape index (κ2) is 5.77. The van der Waals surface area contributed by atoms with Crippen molar-refractivity contribution in [3.63, 3.8) is 0 Å². The third kappa shape index (κ3) is 3.69. The molecule has 0 aromatic carbocycles. The second-order valence-corrected chi connectivity index (χ2v) is 6.16. The molecule has 7 nitrogen and oxygen atoms in total. The average Bonchev–Trinajstić information content (AvgIpc) is 2.86. The molecule has 2 rings (SSSR count). The highest BCUT2D eigenvalue weighted by Gasteiger charge is 2.46. The number of hydrogen-bond acceptors (Lipinski definition) is 5. The molecule has 0 fully saturated rings. The topological polar surface area (TPSA) is 89.8 Å². The molecule has 0 spiro atoms. The van der Waals surface area contributed by atoms with E-state index in [1.807, 2.05) is 0 Å². The van der Waals surface area contributed by atoms with Crippen LogP contribution in [0.25, 0.3) is 5.82 Å². The zero-order valence-electron chi connectivity index (χ0n) is 10.9. The van der Waals surface area contributed by atoms with Gasteiger partial charge in [0.1, 0.15) is 0 Å². The lowest BCUT2D eigenvalue weighted by Crippen LogP contribution is -2.30. The van der Waals surface area contributed by atoms with Gasteiger partial charge in [-0.2, -0.15) is 39.9 Å². The smallest absolute Gasteiger partial charge is 0.272 e. The molecule has 0 aliphatic heterocycles. The Labute approximate surface area is 134 Å². The number of anilines is 1. The Bertz CT molecular complexity index is 862. The van der Waals surface area contributed by atoms with E-state index in [-0.39, 0.29) is 0 Å². The Morgan fingerprint density at radius 2 is 1.75 bits per heavy atom. The van der Waals surface area contributed by atoms with Gasteiger partial charge in [0.2, 0.25) is 0 Å². The summed E-state index contributed by atoms with van der Waals surface area (Å²) in [5.74, 6) is -0.734. The van der Waals surface area contributed by atoms with Gasteiger partial charge in [0.15, 0.2) is 16.7 Å². The molecular weight excluding hydrogens is 392 g/mol. The van der Waals surface area contributed by atoms with Crippen LogP contribution in [0.1, 0.15) is 5.69 Å². The van der Waals surface area contributed by atoms with Gasteiger partial charge in [-0.25, -0.2) is 4.68 Å². The molecule has 0 saturated heterocycles. The van der Waals surface area contributed by atoms with Crippen LogP contribution in [0, 0.1) is 0 Å². The predicted octanol–water partition coefficient (Wildman–Crippen LogP) is 2.60. The maximum Gasteiger partial charge on any atom is 0.516 e. The lowest BCUT2D eigenvalue weighted by molar-refractivity contribution is -0.141. The van der Waals surface area contributed by atoms with Crippen LogP contribution in [-0.2, 0) is 16.2 Å². The van der Waals surface area contributed by atoms with Gasteiger partial charge in [0.25, 0.3) is 0 Å². The van der Waals surface area contributed by atoms with Crippen LogP contribution < -0.4 is 4.72 Å². The highest BCUT2D eigenvalue weighted by Crippen LogP contribution is 2.30. The van der Waals surface area contributed by atoms with E-state index in [9.17, 15) is 34.8 Å². The third-order valence-electron chi connectivity index (χ3n) is 2.39. The molecule has 2 aromatic rings. The maximum atomic E-state index is 12.5. The molecule has 0 aliphatic carbocycles. The van der Waals surface area contributed by atoms with Crippen molar-refractivity contribution in [2.45, 2.75) is 11.7 Å². The molecule has 0 atom stereocenters. The summed E-state index contributed by atoms with van der Waals surface area (Å²) in [5, 5.41) is 9.07. The highest BCUT2D eigenvalue weighted by atomic mass is 35.5. The van der Waals surface area contributed by atoms with Crippen LogP contribution >= 0.6 is 11.6 Å². The molecule has 1 N–H and O–H groups in total. The molecule has 132 valence electrons. The lowest BCUT2D eigenvalue weighted by Gasteiger charge is -2.13. The van der Waals surface area contributed by atoms with Crippen LogP contribution in [0.5, 0.6) is 0 Å². The molecule has 0 aliphatic rings. The van der Waals surface area contributed by atoms with Crippen molar-refractivity contribution in [3.8, 4) is 5.82 Å². The van der Waals surface area contributed by atoms with Crippen LogP contribution in [0.4, 0.5) is 32.0 Å². The number of alkyl halides is 6. The van der Waals surface area contributed by atoms with Gasteiger partial charge < -0.3 is 0 Å². The first-order chi connectivity index (χ1) is 10.8. The Morgan fingerprint density at radius 3 is 2.25 bits per heavy atom. The first-order valence-corrected chi connectivity index (χ1v) is 7.43. The molecule has 0 amide bonds. The van der Waals surface area contributed by atoms with Gasteiger partial charge in [-0.05, 0) is 6.07 Å². The Morgan fingerprint density at radius 1 is 1.12 bits per heavy atom. The summed E-state index contributed by atoms with van der Waals surface area (Å²) in [6, 6.07) is 1.15. The fourth-order valence-corrected chi connectivity index (χ4v) is 2.10. The fraction of sp³-hybridized carbons (Fsp3) is 0.222. The molecule has 0 bridgehead atoms. The minimum absolute atomic E-state index is 0.403. The lowest BCUT2D eigenvalue weighted by atomic mass is 10.4. The fourth-order valence-electron chi connectivity index (χ4n) is 1.40. The summed E-state index contributed by atoms with van der Waals surface area (Å²) in [6.45, 7) is 0. The van der Waals surface area contributed by atoms with E-state index in [4.69, 9.17) is 11.6 Å². The first kappa shape index (κ1) is 18.3. The van der Waals surface area contributed by atoms with Gasteiger partial charge >= 0.3 is 21.7 Å². The zero-order chi connectivity index (χ0) is 18.3. The van der Waals surface area contributed by atoms with Gasteiger partial charge in [-0.15, -0.1) is 10.2 Å². The number of sulfonamides is 1. The SMILES string of the molecule is O=S(=O)(Nc1cc(Cl)nnc1-n1ccc(C(F)(F)F)n1)C(F)(F)F. The zero-order valence-corrected chi connectivity index (χ0v) is 12.5. The van der Waals surface area contributed by atoms with E-state index in [1.165, 1.54) is 0 Å². The third-order valence-corrected chi connectivity index (χ3v) is 3.67. The minimum Gasteiger partial charge on any atom is -0.272 e. The van der Waals surface area contributed by atoms with Crippen LogP contribution in [0.2, 0.25) is 5.15 Å². The normalized spacial score (nSPS) is 13.1. The van der Waals surface area contributed by atoms with Crippen molar-refractivity contribution in [2.75, 3.05) is 4.72 Å². The van der Waals surface area contributed by atoms with Crippen molar-refractivity contribution >= 4 is 27.3 Å². The number of aromatic nitrogens is 4. The quantitative estimate of drug-likeness (QED) is 0.807. The van der Waals surface area contributed by atoms with E-state index >= 15 is 0 Å². The van der Waals surface area contributed by atoms with Crippen molar-refractivity contribution < 1.29 is 34.8 Å². The van der Waals surface area contributed by atoms with Crippen LogP contribution in [0.3, 0.4) is 0 Å². The van der Waals surface area contributed by atoms with Crippen molar-refractivity contribution in [1.82, 2.24) is 20.0 Å². The summed E-state index contributed by atoms with van der Waals surface area (Å²) < 4.78 is 98.6. The molecule has 0 radical (unpaired) electrons. The highest BCUT2D eigenvalue weighted by molar-refractivity contribution is 7.93. The molecule has 15 heteroatoms. The Balaban J connectivity index is 2.52. The molecular formula is C9H4ClF6N5O2S. The largest absolute Gasteiger partial charge is 0.516 e. The summed E-state index contributed by atoms with van der Waals surface area (Å²) in [7, 11) is -5.86. The van der Waals surface area contributed by atoms with Gasteiger partial charge in [-0.1, -0.05) is 11.6 Å². The summed E-state index contributed by atoms with van der Waals surface area (Å²) in [5.41, 5.74) is -7.89. The van der Waals surface area contributed by atoms with Gasteiger partial charge in [0, 0.05) is 12.3 Å². The summed E-state index contributed by atoms with van der Waals surface area (Å²) in [4.78, 5) is 0. The van der Waals surface area contributed by atoms with Crippen LogP contribution in [-0.4, -0.2) is 33.9 Å². The molecule has 0 saturated carbocycles. The van der Waals surface area contributed by atoms with E-state index in [0.29, 0.717) is 23.0 Å².